The second-order valence-electron chi connectivity index (χ2n) is 2.35. The van der Waals surface area contributed by atoms with Gasteiger partial charge in [-0.3, -0.25) is 9.78 Å². The number of nitrogens with zero attached hydrogens (tertiary/aromatic N) is 1. The molecule has 15 heavy (non-hydrogen) atoms. The molecular formula is C7H2BrF3N2O2. The normalized spacial score (nSPS) is 10.9. The molecule has 0 fully saturated rings. The van der Waals surface area contributed by atoms with E-state index in [1.807, 2.05) is 0 Å². The summed E-state index contributed by atoms with van der Waals surface area (Å²) < 4.78 is 39.0. The number of alkyl halides is 3. The van der Waals surface area contributed by atoms with Crippen LogP contribution in [0, 0.1) is 11.3 Å². The summed E-state index contributed by atoms with van der Waals surface area (Å²) in [6.45, 7) is 0. The van der Waals surface area contributed by atoms with E-state index < -0.39 is 23.4 Å². The topological polar surface area (TPSA) is 65.9 Å². The fraction of sp³-hybridized carbons (Fsp3) is 0.143. The van der Waals surface area contributed by atoms with Crippen LogP contribution < -0.4 is 10.3 Å². The van der Waals surface area contributed by atoms with Gasteiger partial charge in [0.05, 0.1) is 0 Å². The van der Waals surface area contributed by atoms with Crippen molar-refractivity contribution in [1.82, 2.24) is 4.98 Å². The molecule has 1 heterocycles. The Morgan fingerprint density at radius 1 is 1.53 bits per heavy atom. The zero-order valence-corrected chi connectivity index (χ0v) is 8.44. The van der Waals surface area contributed by atoms with Gasteiger partial charge in [-0.05, 0) is 15.9 Å². The lowest BCUT2D eigenvalue weighted by atomic mass is 10.3. The Balaban J connectivity index is 3.29. The van der Waals surface area contributed by atoms with Gasteiger partial charge >= 0.3 is 6.36 Å². The van der Waals surface area contributed by atoms with Crippen LogP contribution in [0.4, 0.5) is 13.2 Å². The van der Waals surface area contributed by atoms with E-state index in [1.54, 1.807) is 4.98 Å². The summed E-state index contributed by atoms with van der Waals surface area (Å²) >= 11 is 2.78. The zero-order chi connectivity index (χ0) is 11.6. The molecule has 4 nitrogen and oxygen atoms in total. The van der Waals surface area contributed by atoms with Gasteiger partial charge in [-0.1, -0.05) is 0 Å². The Labute approximate surface area is 89.4 Å². The number of H-pyrrole nitrogens is 1. The van der Waals surface area contributed by atoms with Gasteiger partial charge in [-0.2, -0.15) is 5.26 Å². The molecule has 0 saturated carbocycles. The van der Waals surface area contributed by atoms with Crippen LogP contribution in [-0.2, 0) is 0 Å². The van der Waals surface area contributed by atoms with Gasteiger partial charge in [0.1, 0.15) is 11.6 Å². The largest absolute Gasteiger partial charge is 0.574 e. The Hall–Kier alpha value is -1.49. The highest BCUT2D eigenvalue weighted by Gasteiger charge is 2.33. The van der Waals surface area contributed by atoms with Crippen LogP contribution in [0.15, 0.2) is 15.3 Å². The summed E-state index contributed by atoms with van der Waals surface area (Å²) in [6.07, 6.45) is -4.96. The summed E-state index contributed by atoms with van der Waals surface area (Å²) in [5.74, 6) is -0.927. The molecule has 0 saturated heterocycles. The second kappa shape index (κ2) is 3.94. The number of rotatable bonds is 1. The number of aromatic nitrogens is 1. The van der Waals surface area contributed by atoms with Crippen molar-refractivity contribution in [2.75, 3.05) is 0 Å². The molecule has 0 amide bonds. The first-order chi connectivity index (χ1) is 6.83. The van der Waals surface area contributed by atoms with Crippen LogP contribution in [0.2, 0.25) is 0 Å². The van der Waals surface area contributed by atoms with Gasteiger partial charge in [0.2, 0.25) is 5.88 Å². The van der Waals surface area contributed by atoms with E-state index in [-0.39, 0.29) is 4.47 Å². The zero-order valence-electron chi connectivity index (χ0n) is 6.85. The minimum absolute atomic E-state index is 0.0620. The van der Waals surface area contributed by atoms with Crippen molar-refractivity contribution in [3.63, 3.8) is 0 Å². The predicted molar refractivity (Wildman–Crippen MR) is 46.2 cm³/mol. The van der Waals surface area contributed by atoms with E-state index in [2.05, 4.69) is 20.7 Å². The number of ether oxygens (including phenoxy) is 1. The Morgan fingerprint density at radius 2 is 2.13 bits per heavy atom. The minimum atomic E-state index is -4.96. The minimum Gasteiger partial charge on any atom is -0.388 e. The van der Waals surface area contributed by atoms with E-state index in [9.17, 15) is 18.0 Å². The molecule has 80 valence electrons. The summed E-state index contributed by atoms with van der Waals surface area (Å²) in [4.78, 5) is 12.6. The highest BCUT2D eigenvalue weighted by molar-refractivity contribution is 9.10. The van der Waals surface area contributed by atoms with Crippen molar-refractivity contribution < 1.29 is 17.9 Å². The molecule has 0 atom stereocenters. The quantitative estimate of drug-likeness (QED) is 0.856. The third-order valence-corrected chi connectivity index (χ3v) is 1.92. The molecule has 0 radical (unpaired) electrons. The molecule has 1 aromatic rings. The lowest BCUT2D eigenvalue weighted by Gasteiger charge is -2.09. The standard InChI is InChI=1S/C7H2BrF3N2O2/c8-4-1-5(14)13-6(3(4)2-12)15-7(9,10)11/h1H,(H,13,14). The highest BCUT2D eigenvalue weighted by atomic mass is 79.9. The Kier molecular flexibility index (Phi) is 3.04. The van der Waals surface area contributed by atoms with Crippen molar-refractivity contribution >= 4 is 15.9 Å². The lowest BCUT2D eigenvalue weighted by molar-refractivity contribution is -0.276. The summed E-state index contributed by atoms with van der Waals surface area (Å²) in [5.41, 5.74) is -1.23. The first-order valence-corrected chi connectivity index (χ1v) is 4.21. The van der Waals surface area contributed by atoms with Crippen molar-refractivity contribution in [1.29, 1.82) is 5.26 Å². The number of hydrogen-bond donors (Lipinski definition) is 1. The molecular weight excluding hydrogens is 281 g/mol. The molecule has 0 aromatic carbocycles. The SMILES string of the molecule is N#Cc1c(Br)cc(=O)[nH]c1OC(F)(F)F. The third kappa shape index (κ3) is 2.99. The molecule has 0 bridgehead atoms. The molecule has 0 aliphatic carbocycles. The second-order valence-corrected chi connectivity index (χ2v) is 3.20. The van der Waals surface area contributed by atoms with E-state index in [0.717, 1.165) is 6.07 Å². The van der Waals surface area contributed by atoms with Gasteiger partial charge in [-0.25, -0.2) is 0 Å². The number of nitriles is 1. The van der Waals surface area contributed by atoms with Crippen LogP contribution in [0.25, 0.3) is 0 Å². The van der Waals surface area contributed by atoms with Crippen molar-refractivity contribution in [2.45, 2.75) is 6.36 Å². The molecule has 1 N–H and O–H groups in total. The average molecular weight is 283 g/mol. The molecule has 8 heteroatoms. The molecule has 1 rings (SSSR count). The monoisotopic (exact) mass is 282 g/mol. The smallest absolute Gasteiger partial charge is 0.388 e. The average Bonchev–Trinajstić information content (AvgIpc) is 1.99. The van der Waals surface area contributed by atoms with Gasteiger partial charge < -0.3 is 4.74 Å². The Bertz CT molecular complexity index is 475. The molecule has 1 aromatic heterocycles. The lowest BCUT2D eigenvalue weighted by Crippen LogP contribution is -2.21. The Morgan fingerprint density at radius 3 is 2.60 bits per heavy atom. The molecule has 0 aliphatic rings. The van der Waals surface area contributed by atoms with E-state index in [0.29, 0.717) is 0 Å². The van der Waals surface area contributed by atoms with Gasteiger partial charge in [-0.15, -0.1) is 13.2 Å². The van der Waals surface area contributed by atoms with E-state index in [1.165, 1.54) is 6.07 Å². The number of aromatic amines is 1. The molecule has 0 unspecified atom stereocenters. The summed E-state index contributed by atoms with van der Waals surface area (Å²) in [6, 6.07) is 2.40. The van der Waals surface area contributed by atoms with E-state index in [4.69, 9.17) is 5.26 Å². The van der Waals surface area contributed by atoms with Gasteiger partial charge in [0.15, 0.2) is 0 Å². The number of hydrogen-bond acceptors (Lipinski definition) is 3. The van der Waals surface area contributed by atoms with E-state index >= 15 is 0 Å². The van der Waals surface area contributed by atoms with Crippen LogP contribution in [0.5, 0.6) is 5.88 Å². The first kappa shape index (κ1) is 11.6. The maximum Gasteiger partial charge on any atom is 0.574 e. The highest BCUT2D eigenvalue weighted by Crippen LogP contribution is 2.26. The number of halogens is 4. The maximum absolute atomic E-state index is 11.9. The van der Waals surface area contributed by atoms with Crippen LogP contribution >= 0.6 is 15.9 Å². The van der Waals surface area contributed by atoms with Crippen molar-refractivity contribution in [2.24, 2.45) is 0 Å². The maximum atomic E-state index is 11.9. The third-order valence-electron chi connectivity index (χ3n) is 1.29. The van der Waals surface area contributed by atoms with Gasteiger partial charge in [0.25, 0.3) is 5.56 Å². The van der Waals surface area contributed by atoms with Crippen LogP contribution in [0.1, 0.15) is 5.56 Å². The van der Waals surface area contributed by atoms with Crippen LogP contribution in [-0.4, -0.2) is 11.3 Å². The summed E-state index contributed by atoms with van der Waals surface area (Å²) in [7, 11) is 0. The number of nitrogens with one attached hydrogen (secondary N) is 1. The fourth-order valence-electron chi connectivity index (χ4n) is 0.803. The molecule has 0 aliphatic heterocycles. The fourth-order valence-corrected chi connectivity index (χ4v) is 1.28. The van der Waals surface area contributed by atoms with Crippen LogP contribution in [0.3, 0.4) is 0 Å². The summed E-state index contributed by atoms with van der Waals surface area (Å²) in [5, 5.41) is 8.54. The van der Waals surface area contributed by atoms with Crippen molar-refractivity contribution in [3.8, 4) is 11.9 Å². The van der Waals surface area contributed by atoms with Gasteiger partial charge in [0, 0.05) is 10.5 Å². The predicted octanol–water partition coefficient (Wildman–Crippen LogP) is 1.91. The molecule has 0 spiro atoms. The number of pyridine rings is 1. The van der Waals surface area contributed by atoms with Crippen molar-refractivity contribution in [3.05, 3.63) is 26.5 Å². The first-order valence-electron chi connectivity index (χ1n) is 3.42.